The molecule has 100 valence electrons. The van der Waals surface area contributed by atoms with Crippen molar-refractivity contribution in [3.05, 3.63) is 30.1 Å². The Kier molecular flexibility index (Phi) is 3.99. The van der Waals surface area contributed by atoms with E-state index in [1.54, 1.807) is 0 Å². The molecule has 18 heavy (non-hydrogen) atoms. The molecule has 6 heteroatoms. The van der Waals surface area contributed by atoms with Gasteiger partial charge in [-0.15, -0.1) is 0 Å². The van der Waals surface area contributed by atoms with Gasteiger partial charge in [0.2, 0.25) is 10.0 Å². The lowest BCUT2D eigenvalue weighted by atomic mass is 10.1. The zero-order chi connectivity index (χ0) is 13.2. The van der Waals surface area contributed by atoms with E-state index in [1.165, 1.54) is 28.6 Å². The van der Waals surface area contributed by atoms with Crippen LogP contribution in [0.25, 0.3) is 0 Å². The highest BCUT2D eigenvalue weighted by Crippen LogP contribution is 2.25. The summed E-state index contributed by atoms with van der Waals surface area (Å²) in [7, 11) is -1.85. The minimum absolute atomic E-state index is 0.227. The molecule has 2 rings (SSSR count). The minimum atomic E-state index is -3.69. The van der Waals surface area contributed by atoms with E-state index >= 15 is 0 Å². The molecule has 1 aromatic carbocycles. The predicted molar refractivity (Wildman–Crippen MR) is 67.2 cm³/mol. The Morgan fingerprint density at radius 3 is 2.83 bits per heavy atom. The van der Waals surface area contributed by atoms with Crippen molar-refractivity contribution in [3.8, 4) is 0 Å². The maximum atomic E-state index is 13.6. The molecular formula is C12H17FN2O2S. The second kappa shape index (κ2) is 5.34. The minimum Gasteiger partial charge on any atom is -0.319 e. The standard InChI is InChI=1S/C12H17FN2O2S/c1-14-8-10-6-7-15(9-10)18(16,17)12-5-3-2-4-11(12)13/h2-5,10,14H,6-9H2,1H3. The summed E-state index contributed by atoms with van der Waals surface area (Å²) in [5, 5.41) is 3.04. The molecular weight excluding hydrogens is 255 g/mol. The summed E-state index contributed by atoms with van der Waals surface area (Å²) in [6, 6.07) is 5.52. The van der Waals surface area contributed by atoms with Crippen molar-refractivity contribution in [2.24, 2.45) is 5.92 Å². The Labute approximate surface area is 107 Å². The second-order valence-electron chi connectivity index (χ2n) is 4.51. The largest absolute Gasteiger partial charge is 0.319 e. The number of hydrogen-bond donors (Lipinski definition) is 1. The molecule has 1 aliphatic heterocycles. The molecule has 1 unspecified atom stereocenters. The summed E-state index contributed by atoms with van der Waals surface area (Å²) in [4.78, 5) is -0.227. The zero-order valence-electron chi connectivity index (χ0n) is 10.3. The summed E-state index contributed by atoms with van der Waals surface area (Å²) in [5.74, 6) is -0.383. The SMILES string of the molecule is CNCC1CCN(S(=O)(=O)c2ccccc2F)C1. The first-order valence-electron chi connectivity index (χ1n) is 5.95. The van der Waals surface area contributed by atoms with Gasteiger partial charge in [0.25, 0.3) is 0 Å². The second-order valence-corrected chi connectivity index (χ2v) is 6.41. The van der Waals surface area contributed by atoms with Crippen LogP contribution in [0.4, 0.5) is 4.39 Å². The van der Waals surface area contributed by atoms with E-state index in [0.717, 1.165) is 13.0 Å². The number of benzene rings is 1. The molecule has 1 saturated heterocycles. The van der Waals surface area contributed by atoms with Crippen LogP contribution in [0.1, 0.15) is 6.42 Å². The van der Waals surface area contributed by atoms with Crippen molar-refractivity contribution in [1.82, 2.24) is 9.62 Å². The maximum absolute atomic E-state index is 13.6. The molecule has 1 heterocycles. The van der Waals surface area contributed by atoms with Crippen LogP contribution < -0.4 is 5.32 Å². The number of nitrogens with one attached hydrogen (secondary N) is 1. The summed E-state index contributed by atoms with van der Waals surface area (Å²) >= 11 is 0. The highest BCUT2D eigenvalue weighted by molar-refractivity contribution is 7.89. The van der Waals surface area contributed by atoms with Crippen LogP contribution in [0, 0.1) is 11.7 Å². The summed E-state index contributed by atoms with van der Waals surface area (Å²) < 4.78 is 39.5. The van der Waals surface area contributed by atoms with E-state index in [2.05, 4.69) is 5.32 Å². The molecule has 0 saturated carbocycles. The van der Waals surface area contributed by atoms with Gasteiger partial charge in [-0.1, -0.05) is 12.1 Å². The van der Waals surface area contributed by atoms with Gasteiger partial charge >= 0.3 is 0 Å². The molecule has 0 aliphatic carbocycles. The highest BCUT2D eigenvalue weighted by atomic mass is 32.2. The number of halogens is 1. The van der Waals surface area contributed by atoms with Crippen LogP contribution >= 0.6 is 0 Å². The Hall–Kier alpha value is -0.980. The molecule has 4 nitrogen and oxygen atoms in total. The average molecular weight is 272 g/mol. The third-order valence-electron chi connectivity index (χ3n) is 3.20. The van der Waals surface area contributed by atoms with E-state index in [4.69, 9.17) is 0 Å². The van der Waals surface area contributed by atoms with Crippen LogP contribution in [0.5, 0.6) is 0 Å². The van der Waals surface area contributed by atoms with Gasteiger partial charge in [0, 0.05) is 13.1 Å². The highest BCUT2D eigenvalue weighted by Gasteiger charge is 2.33. The Bertz CT molecular complexity index is 519. The molecule has 1 aliphatic rings. The van der Waals surface area contributed by atoms with Crippen LogP contribution in [-0.2, 0) is 10.0 Å². The first-order valence-corrected chi connectivity index (χ1v) is 7.39. The van der Waals surface area contributed by atoms with E-state index in [0.29, 0.717) is 19.0 Å². The fourth-order valence-electron chi connectivity index (χ4n) is 2.26. The van der Waals surface area contributed by atoms with Gasteiger partial charge in [-0.3, -0.25) is 0 Å². The van der Waals surface area contributed by atoms with Crippen molar-refractivity contribution in [2.45, 2.75) is 11.3 Å². The van der Waals surface area contributed by atoms with Crippen LogP contribution in [0.2, 0.25) is 0 Å². The third-order valence-corrected chi connectivity index (χ3v) is 5.09. The van der Waals surface area contributed by atoms with Crippen molar-refractivity contribution >= 4 is 10.0 Å². The Morgan fingerprint density at radius 2 is 2.17 bits per heavy atom. The van der Waals surface area contributed by atoms with E-state index in [-0.39, 0.29) is 4.90 Å². The molecule has 0 spiro atoms. The van der Waals surface area contributed by atoms with Gasteiger partial charge in [0.05, 0.1) is 0 Å². The number of hydrogen-bond acceptors (Lipinski definition) is 3. The quantitative estimate of drug-likeness (QED) is 0.891. The molecule has 0 aromatic heterocycles. The zero-order valence-corrected chi connectivity index (χ0v) is 11.1. The number of rotatable bonds is 4. The monoisotopic (exact) mass is 272 g/mol. The summed E-state index contributed by atoms with van der Waals surface area (Å²) in [5.41, 5.74) is 0. The van der Waals surface area contributed by atoms with Gasteiger partial charge < -0.3 is 5.32 Å². The normalized spacial score (nSPS) is 21.3. The molecule has 1 fully saturated rings. The van der Waals surface area contributed by atoms with Gasteiger partial charge in [0.1, 0.15) is 10.7 Å². The molecule has 1 N–H and O–H groups in total. The van der Waals surface area contributed by atoms with Crippen LogP contribution in [-0.4, -0.2) is 39.4 Å². The molecule has 0 bridgehead atoms. The van der Waals surface area contributed by atoms with Gasteiger partial charge in [0.15, 0.2) is 0 Å². The van der Waals surface area contributed by atoms with Crippen molar-refractivity contribution in [3.63, 3.8) is 0 Å². The summed E-state index contributed by atoms with van der Waals surface area (Å²) in [6.45, 7) is 1.70. The topological polar surface area (TPSA) is 49.4 Å². The van der Waals surface area contributed by atoms with Crippen molar-refractivity contribution in [2.75, 3.05) is 26.7 Å². The molecule has 1 atom stereocenters. The van der Waals surface area contributed by atoms with Gasteiger partial charge in [-0.25, -0.2) is 12.8 Å². The van der Waals surface area contributed by atoms with E-state index in [1.807, 2.05) is 7.05 Å². The lowest BCUT2D eigenvalue weighted by Gasteiger charge is -2.17. The lowest BCUT2D eigenvalue weighted by Crippen LogP contribution is -2.31. The predicted octanol–water partition coefficient (Wildman–Crippen LogP) is 1.06. The van der Waals surface area contributed by atoms with Crippen LogP contribution in [0.15, 0.2) is 29.2 Å². The first kappa shape index (κ1) is 13.5. The van der Waals surface area contributed by atoms with E-state index in [9.17, 15) is 12.8 Å². The lowest BCUT2D eigenvalue weighted by molar-refractivity contribution is 0.446. The number of sulfonamides is 1. The van der Waals surface area contributed by atoms with Crippen LogP contribution in [0.3, 0.4) is 0 Å². The first-order chi connectivity index (χ1) is 8.55. The molecule has 0 amide bonds. The number of nitrogens with zero attached hydrogens (tertiary/aromatic N) is 1. The fraction of sp³-hybridized carbons (Fsp3) is 0.500. The molecule has 1 aromatic rings. The van der Waals surface area contributed by atoms with E-state index < -0.39 is 15.8 Å². The average Bonchev–Trinajstić information content (AvgIpc) is 2.79. The molecule has 0 radical (unpaired) electrons. The third kappa shape index (κ3) is 2.55. The van der Waals surface area contributed by atoms with Gasteiger partial charge in [-0.2, -0.15) is 4.31 Å². The summed E-state index contributed by atoms with van der Waals surface area (Å²) in [6.07, 6.45) is 0.814. The van der Waals surface area contributed by atoms with Crippen molar-refractivity contribution in [1.29, 1.82) is 0 Å². The fourth-order valence-corrected chi connectivity index (χ4v) is 3.86. The maximum Gasteiger partial charge on any atom is 0.245 e. The Morgan fingerprint density at radius 1 is 1.44 bits per heavy atom. The Balaban J connectivity index is 2.21. The van der Waals surface area contributed by atoms with Crippen molar-refractivity contribution < 1.29 is 12.8 Å². The smallest absolute Gasteiger partial charge is 0.245 e. The van der Waals surface area contributed by atoms with Gasteiger partial charge in [-0.05, 0) is 38.1 Å².